The number of fused-ring (bicyclic) bond motifs is 1. The molecule has 1 aromatic carbocycles. The fourth-order valence-electron chi connectivity index (χ4n) is 2.85. The molecule has 0 saturated carbocycles. The summed E-state index contributed by atoms with van der Waals surface area (Å²) in [6.45, 7) is 4.55. The van der Waals surface area contributed by atoms with Gasteiger partial charge >= 0.3 is 0 Å². The van der Waals surface area contributed by atoms with Gasteiger partial charge in [0.05, 0.1) is 13.7 Å². The van der Waals surface area contributed by atoms with Gasteiger partial charge in [0.25, 0.3) is 0 Å². The highest BCUT2D eigenvalue weighted by molar-refractivity contribution is 14.0. The lowest BCUT2D eigenvalue weighted by molar-refractivity contribution is 0.254. The lowest BCUT2D eigenvalue weighted by atomic mass is 10.1. The van der Waals surface area contributed by atoms with Gasteiger partial charge in [0, 0.05) is 42.1 Å². The van der Waals surface area contributed by atoms with E-state index in [0.717, 1.165) is 48.1 Å². The molecule has 1 unspecified atom stereocenters. The third-order valence-electron chi connectivity index (χ3n) is 4.05. The average molecular weight is 449 g/mol. The van der Waals surface area contributed by atoms with Gasteiger partial charge in [0.1, 0.15) is 17.6 Å². The molecule has 7 heteroatoms. The van der Waals surface area contributed by atoms with Crippen LogP contribution in [-0.2, 0) is 13.0 Å². The van der Waals surface area contributed by atoms with Crippen LogP contribution < -0.4 is 15.2 Å². The van der Waals surface area contributed by atoms with Crippen molar-refractivity contribution >= 4 is 41.7 Å². The Morgan fingerprint density at radius 1 is 1.43 bits per heavy atom. The molecule has 0 bridgehead atoms. The van der Waals surface area contributed by atoms with Gasteiger partial charge in [-0.1, -0.05) is 0 Å². The maximum absolute atomic E-state index is 6.12. The molecule has 2 aliphatic rings. The predicted molar refractivity (Wildman–Crippen MR) is 106 cm³/mol. The van der Waals surface area contributed by atoms with Crippen molar-refractivity contribution in [1.29, 1.82) is 0 Å². The third-order valence-corrected chi connectivity index (χ3v) is 4.99. The van der Waals surface area contributed by atoms with E-state index in [1.807, 2.05) is 17.8 Å². The first kappa shape index (κ1) is 18.5. The third kappa shape index (κ3) is 4.37. The molecule has 1 atom stereocenters. The molecule has 0 amide bonds. The van der Waals surface area contributed by atoms with E-state index in [2.05, 4.69) is 22.9 Å². The van der Waals surface area contributed by atoms with Crippen LogP contribution in [0.2, 0.25) is 0 Å². The largest absolute Gasteiger partial charge is 0.496 e. The van der Waals surface area contributed by atoms with Crippen LogP contribution in [0.3, 0.4) is 0 Å². The lowest BCUT2D eigenvalue weighted by Gasteiger charge is -2.27. The molecule has 2 aliphatic heterocycles. The van der Waals surface area contributed by atoms with Gasteiger partial charge in [-0.25, -0.2) is 4.99 Å². The number of aliphatic imine (C=N–C) groups is 1. The summed E-state index contributed by atoms with van der Waals surface area (Å²) < 4.78 is 11.3. The Kier molecular flexibility index (Phi) is 6.70. The SMILES string of the molecule is COc1cc2c(cc1CN=C(N)N1CCSCC1)OC(C)C2.I. The van der Waals surface area contributed by atoms with Gasteiger partial charge in [-0.3, -0.25) is 0 Å². The summed E-state index contributed by atoms with van der Waals surface area (Å²) in [4.78, 5) is 6.69. The van der Waals surface area contributed by atoms with Gasteiger partial charge in [0.2, 0.25) is 0 Å². The quantitative estimate of drug-likeness (QED) is 0.437. The predicted octanol–water partition coefficient (Wildman–Crippen LogP) is 2.50. The van der Waals surface area contributed by atoms with Gasteiger partial charge in [-0.15, -0.1) is 24.0 Å². The molecule has 1 aromatic rings. The number of hydrogen-bond donors (Lipinski definition) is 1. The van der Waals surface area contributed by atoms with Crippen LogP contribution in [0.4, 0.5) is 0 Å². The van der Waals surface area contributed by atoms with Crippen molar-refractivity contribution < 1.29 is 9.47 Å². The Morgan fingerprint density at radius 2 is 2.17 bits per heavy atom. The van der Waals surface area contributed by atoms with Crippen molar-refractivity contribution in [3.8, 4) is 11.5 Å². The fourth-order valence-corrected chi connectivity index (χ4v) is 3.76. The lowest BCUT2D eigenvalue weighted by Crippen LogP contribution is -2.42. The summed E-state index contributed by atoms with van der Waals surface area (Å²) >= 11 is 1.96. The van der Waals surface area contributed by atoms with Crippen molar-refractivity contribution in [3.63, 3.8) is 0 Å². The van der Waals surface area contributed by atoms with E-state index in [1.54, 1.807) is 7.11 Å². The molecule has 23 heavy (non-hydrogen) atoms. The van der Waals surface area contributed by atoms with Crippen molar-refractivity contribution in [2.24, 2.45) is 10.7 Å². The zero-order valence-corrected chi connectivity index (χ0v) is 16.7. The van der Waals surface area contributed by atoms with Crippen LogP contribution in [0.25, 0.3) is 0 Å². The molecule has 0 radical (unpaired) electrons. The highest BCUT2D eigenvalue weighted by atomic mass is 127. The zero-order valence-electron chi connectivity index (χ0n) is 13.6. The molecule has 2 N–H and O–H groups in total. The molecule has 1 saturated heterocycles. The zero-order chi connectivity index (χ0) is 15.5. The topological polar surface area (TPSA) is 60.1 Å². The smallest absolute Gasteiger partial charge is 0.191 e. The maximum Gasteiger partial charge on any atom is 0.191 e. The van der Waals surface area contributed by atoms with E-state index in [0.29, 0.717) is 12.5 Å². The molecule has 128 valence electrons. The molecule has 5 nitrogen and oxygen atoms in total. The Bertz CT molecular complexity index is 577. The number of guanidine groups is 1. The van der Waals surface area contributed by atoms with E-state index in [9.17, 15) is 0 Å². The van der Waals surface area contributed by atoms with Gasteiger partial charge in [-0.2, -0.15) is 11.8 Å². The van der Waals surface area contributed by atoms with Crippen molar-refractivity contribution in [2.75, 3.05) is 31.7 Å². The second kappa shape index (κ2) is 8.32. The number of nitrogens with two attached hydrogens (primary N) is 1. The Balaban J connectivity index is 0.00000192. The van der Waals surface area contributed by atoms with E-state index in [4.69, 9.17) is 15.2 Å². The minimum atomic E-state index is 0. The first-order valence-electron chi connectivity index (χ1n) is 7.66. The van der Waals surface area contributed by atoms with Crippen LogP contribution in [0.15, 0.2) is 17.1 Å². The molecule has 0 spiro atoms. The number of nitrogens with zero attached hydrogens (tertiary/aromatic N) is 2. The molecular weight excluding hydrogens is 425 g/mol. The summed E-state index contributed by atoms with van der Waals surface area (Å²) in [5.41, 5.74) is 8.34. The standard InChI is InChI=1S/C16H23N3O2S.HI/c1-11-7-12-8-14(20-2)13(9-15(12)21-11)10-18-16(17)19-3-5-22-6-4-19;/h8-9,11H,3-7,10H2,1-2H3,(H2,17,18);1H. The number of methoxy groups -OCH3 is 1. The van der Waals surface area contributed by atoms with E-state index < -0.39 is 0 Å². The van der Waals surface area contributed by atoms with Crippen LogP contribution in [-0.4, -0.2) is 48.7 Å². The van der Waals surface area contributed by atoms with Crippen LogP contribution in [0, 0.1) is 0 Å². The van der Waals surface area contributed by atoms with E-state index >= 15 is 0 Å². The summed E-state index contributed by atoms with van der Waals surface area (Å²) in [7, 11) is 1.69. The van der Waals surface area contributed by atoms with Crippen molar-refractivity contribution in [1.82, 2.24) is 4.90 Å². The second-order valence-electron chi connectivity index (χ2n) is 5.68. The Hall–Kier alpha value is -0.830. The maximum atomic E-state index is 6.12. The summed E-state index contributed by atoms with van der Waals surface area (Å²) in [5.74, 6) is 4.67. The van der Waals surface area contributed by atoms with Gasteiger partial charge in [-0.05, 0) is 19.1 Å². The molecule has 0 aromatic heterocycles. The minimum absolute atomic E-state index is 0. The summed E-state index contributed by atoms with van der Waals surface area (Å²) in [5, 5.41) is 0. The van der Waals surface area contributed by atoms with Gasteiger partial charge in [0.15, 0.2) is 5.96 Å². The fraction of sp³-hybridized carbons (Fsp3) is 0.562. The van der Waals surface area contributed by atoms with Gasteiger partial charge < -0.3 is 20.1 Å². The molecular formula is C16H24IN3O2S. The summed E-state index contributed by atoms with van der Waals surface area (Å²) in [6, 6.07) is 4.11. The first-order valence-corrected chi connectivity index (χ1v) is 8.82. The molecule has 2 heterocycles. The molecule has 0 aliphatic carbocycles. The molecule has 3 rings (SSSR count). The monoisotopic (exact) mass is 449 g/mol. The summed E-state index contributed by atoms with van der Waals surface area (Å²) in [6.07, 6.45) is 1.16. The number of rotatable bonds is 3. The number of halogens is 1. The number of benzene rings is 1. The van der Waals surface area contributed by atoms with E-state index in [-0.39, 0.29) is 30.1 Å². The van der Waals surface area contributed by atoms with Crippen molar-refractivity contribution in [2.45, 2.75) is 26.0 Å². The van der Waals surface area contributed by atoms with Crippen molar-refractivity contribution in [3.05, 3.63) is 23.3 Å². The second-order valence-corrected chi connectivity index (χ2v) is 6.90. The number of thioether (sulfide) groups is 1. The van der Waals surface area contributed by atoms with Crippen LogP contribution in [0.1, 0.15) is 18.1 Å². The highest BCUT2D eigenvalue weighted by Gasteiger charge is 2.21. The van der Waals surface area contributed by atoms with Crippen LogP contribution >= 0.6 is 35.7 Å². The van der Waals surface area contributed by atoms with Crippen LogP contribution in [0.5, 0.6) is 11.5 Å². The average Bonchev–Trinajstić information content (AvgIpc) is 2.91. The Labute approximate surface area is 159 Å². The Morgan fingerprint density at radius 3 is 2.87 bits per heavy atom. The number of hydrogen-bond acceptors (Lipinski definition) is 4. The highest BCUT2D eigenvalue weighted by Crippen LogP contribution is 2.35. The number of ether oxygens (including phenoxy) is 2. The normalized spacial score (nSPS) is 20.5. The molecule has 1 fully saturated rings. The minimum Gasteiger partial charge on any atom is -0.496 e. The van der Waals surface area contributed by atoms with E-state index in [1.165, 1.54) is 5.56 Å². The first-order chi connectivity index (χ1) is 10.7.